The molecule has 0 bridgehead atoms. The number of benzene rings is 2. The fraction of sp³-hybridized carbons (Fsp3) is 0.417. The molecule has 3 atom stereocenters. The maximum atomic E-state index is 13.4. The van der Waals surface area contributed by atoms with Crippen LogP contribution in [0, 0.1) is 5.92 Å². The zero-order valence-electron chi connectivity index (χ0n) is 27.4. The van der Waals surface area contributed by atoms with E-state index in [2.05, 4.69) is 34.2 Å². The summed E-state index contributed by atoms with van der Waals surface area (Å²) in [6.45, 7) is 3.24. The molecule has 0 aliphatic heterocycles. The maximum Gasteiger partial charge on any atom is 0.407 e. The van der Waals surface area contributed by atoms with Gasteiger partial charge in [0, 0.05) is 12.3 Å². The summed E-state index contributed by atoms with van der Waals surface area (Å²) in [5.74, 6) is -2.61. The summed E-state index contributed by atoms with van der Waals surface area (Å²) in [6.07, 6.45) is 5.33. The molecule has 0 saturated heterocycles. The van der Waals surface area contributed by atoms with E-state index in [-0.39, 0.29) is 51.0 Å². The standard InChI is InChI=1S/C36H44N4O8/c1-23(2)18-31(40-36(45)48-20-29-27-14-8-6-12-25(27)26-13-7-9-15-28(26)29)35(44)39-30(16-17-32(37)41)34(43)38-22-46-21-33(42)47-19-24-10-4-3-5-11-24/h3-8,10-14,23,29-31H,9,15-22H2,1-2H3,(H2,37,41)(H,38,43)(H,39,44)(H,40,45)/t29?,30-,31-/m0/s1. The summed E-state index contributed by atoms with van der Waals surface area (Å²) >= 11 is 0. The van der Waals surface area contributed by atoms with Crippen molar-refractivity contribution in [1.29, 1.82) is 0 Å². The van der Waals surface area contributed by atoms with Crippen LogP contribution in [0.5, 0.6) is 0 Å². The summed E-state index contributed by atoms with van der Waals surface area (Å²) in [5, 5.41) is 7.78. The highest BCUT2D eigenvalue weighted by Gasteiger charge is 2.33. The maximum absolute atomic E-state index is 13.4. The van der Waals surface area contributed by atoms with Crippen molar-refractivity contribution in [1.82, 2.24) is 16.0 Å². The highest BCUT2D eigenvalue weighted by molar-refractivity contribution is 5.91. The van der Waals surface area contributed by atoms with Crippen molar-refractivity contribution in [3.63, 3.8) is 0 Å². The number of fused-ring (bicyclic) bond motifs is 2. The third-order valence-corrected chi connectivity index (χ3v) is 8.08. The molecule has 2 aliphatic carbocycles. The van der Waals surface area contributed by atoms with Crippen molar-refractivity contribution in [3.8, 4) is 0 Å². The summed E-state index contributed by atoms with van der Waals surface area (Å²) in [5.41, 5.74) is 10.8. The number of esters is 1. The van der Waals surface area contributed by atoms with E-state index in [0.717, 1.165) is 29.5 Å². The van der Waals surface area contributed by atoms with Crippen molar-refractivity contribution < 1.29 is 38.2 Å². The van der Waals surface area contributed by atoms with Gasteiger partial charge in [-0.3, -0.25) is 14.4 Å². The number of primary amides is 1. The van der Waals surface area contributed by atoms with E-state index in [0.29, 0.717) is 0 Å². The molecule has 12 heteroatoms. The number of nitrogens with one attached hydrogen (secondary N) is 3. The monoisotopic (exact) mass is 660 g/mol. The molecule has 256 valence electrons. The van der Waals surface area contributed by atoms with Gasteiger partial charge in [-0.15, -0.1) is 0 Å². The average Bonchev–Trinajstić information content (AvgIpc) is 3.39. The molecule has 12 nitrogen and oxygen atoms in total. The van der Waals surface area contributed by atoms with Crippen LogP contribution in [-0.2, 0) is 40.0 Å². The minimum Gasteiger partial charge on any atom is -0.459 e. The Hall–Kier alpha value is -4.97. The minimum absolute atomic E-state index is 0.0115. The smallest absolute Gasteiger partial charge is 0.407 e. The second-order valence-corrected chi connectivity index (χ2v) is 12.2. The number of nitrogens with two attached hydrogens (primary N) is 1. The van der Waals surface area contributed by atoms with E-state index in [1.165, 1.54) is 11.1 Å². The number of hydrogen-bond donors (Lipinski definition) is 4. The molecule has 1 unspecified atom stereocenters. The van der Waals surface area contributed by atoms with Crippen LogP contribution in [-0.4, -0.2) is 61.8 Å². The molecule has 2 aliphatic rings. The predicted octanol–water partition coefficient (Wildman–Crippen LogP) is 3.61. The first kappa shape index (κ1) is 35.9. The van der Waals surface area contributed by atoms with Gasteiger partial charge >= 0.3 is 12.1 Å². The second-order valence-electron chi connectivity index (χ2n) is 12.2. The van der Waals surface area contributed by atoms with Gasteiger partial charge in [0.05, 0.1) is 0 Å². The molecule has 2 aromatic carbocycles. The molecule has 0 heterocycles. The number of alkyl carbamates (subject to hydrolysis) is 1. The Labute approximate surface area is 280 Å². The Balaban J connectivity index is 1.29. The molecule has 0 saturated carbocycles. The first-order valence-electron chi connectivity index (χ1n) is 16.2. The van der Waals surface area contributed by atoms with Crippen molar-refractivity contribution in [2.45, 2.75) is 70.6 Å². The van der Waals surface area contributed by atoms with Crippen LogP contribution in [0.25, 0.3) is 5.57 Å². The summed E-state index contributed by atoms with van der Waals surface area (Å²) in [6, 6.07) is 15.0. The molecule has 5 N–H and O–H groups in total. The first-order valence-corrected chi connectivity index (χ1v) is 16.2. The SMILES string of the molecule is CC(C)C[C@H](NC(=O)OCC1C2=C(C=CCC2)c2ccccc21)C(=O)N[C@@H](CCC(N)=O)C(=O)NCOCC(=O)OCc1ccccc1. The number of carbonyl (C=O) groups is 5. The third kappa shape index (κ3) is 10.5. The Kier molecular flexibility index (Phi) is 13.3. The third-order valence-electron chi connectivity index (χ3n) is 8.08. The van der Waals surface area contributed by atoms with Crippen LogP contribution in [0.15, 0.2) is 72.3 Å². The second kappa shape index (κ2) is 17.8. The molecule has 0 radical (unpaired) electrons. The van der Waals surface area contributed by atoms with Crippen LogP contribution in [0.1, 0.15) is 68.6 Å². The molecule has 4 rings (SSSR count). The fourth-order valence-corrected chi connectivity index (χ4v) is 5.76. The Morgan fingerprint density at radius 3 is 2.42 bits per heavy atom. The predicted molar refractivity (Wildman–Crippen MR) is 178 cm³/mol. The number of rotatable bonds is 17. The Morgan fingerprint density at radius 2 is 1.67 bits per heavy atom. The van der Waals surface area contributed by atoms with Crippen molar-refractivity contribution in [3.05, 3.63) is 89.0 Å². The molecule has 48 heavy (non-hydrogen) atoms. The molecule has 0 fully saturated rings. The van der Waals surface area contributed by atoms with Crippen molar-refractivity contribution in [2.75, 3.05) is 19.9 Å². The highest BCUT2D eigenvalue weighted by atomic mass is 16.6. The van der Waals surface area contributed by atoms with Gasteiger partial charge in [-0.25, -0.2) is 9.59 Å². The lowest BCUT2D eigenvalue weighted by Gasteiger charge is -2.24. The van der Waals surface area contributed by atoms with Crippen LogP contribution in [0.4, 0.5) is 4.79 Å². The fourth-order valence-electron chi connectivity index (χ4n) is 5.76. The Bertz CT molecular complexity index is 1520. The number of amides is 4. The van der Waals surface area contributed by atoms with Gasteiger partial charge in [0.25, 0.3) is 0 Å². The van der Waals surface area contributed by atoms with Gasteiger partial charge in [-0.1, -0.05) is 86.2 Å². The van der Waals surface area contributed by atoms with Crippen molar-refractivity contribution in [2.24, 2.45) is 11.7 Å². The number of ether oxygens (including phenoxy) is 3. The lowest BCUT2D eigenvalue weighted by atomic mass is 9.91. The molecular formula is C36H44N4O8. The van der Waals surface area contributed by atoms with Gasteiger partial charge in [0.2, 0.25) is 17.7 Å². The van der Waals surface area contributed by atoms with E-state index < -0.39 is 48.5 Å². The summed E-state index contributed by atoms with van der Waals surface area (Å²) < 4.78 is 16.0. The van der Waals surface area contributed by atoms with Gasteiger partial charge in [-0.2, -0.15) is 0 Å². The zero-order valence-corrected chi connectivity index (χ0v) is 27.4. The van der Waals surface area contributed by atoms with Crippen LogP contribution in [0.2, 0.25) is 0 Å². The number of hydrogen-bond acceptors (Lipinski definition) is 8. The normalized spacial score (nSPS) is 15.9. The topological polar surface area (TPSA) is 175 Å². The highest BCUT2D eigenvalue weighted by Crippen LogP contribution is 2.46. The zero-order chi connectivity index (χ0) is 34.5. The molecule has 2 aromatic rings. The van der Waals surface area contributed by atoms with E-state index in [9.17, 15) is 24.0 Å². The van der Waals surface area contributed by atoms with E-state index in [1.807, 2.05) is 62.4 Å². The number of allylic oxidation sites excluding steroid dienone is 3. The molecule has 0 spiro atoms. The molecular weight excluding hydrogens is 616 g/mol. The lowest BCUT2D eigenvalue weighted by molar-refractivity contribution is -0.151. The molecule has 0 aromatic heterocycles. The van der Waals surface area contributed by atoms with Crippen LogP contribution < -0.4 is 21.7 Å². The van der Waals surface area contributed by atoms with Gasteiger partial charge in [0.15, 0.2) is 0 Å². The van der Waals surface area contributed by atoms with E-state index >= 15 is 0 Å². The minimum atomic E-state index is -1.16. The van der Waals surface area contributed by atoms with Crippen LogP contribution >= 0.6 is 0 Å². The number of carbonyl (C=O) groups excluding carboxylic acids is 5. The van der Waals surface area contributed by atoms with Crippen LogP contribution in [0.3, 0.4) is 0 Å². The summed E-state index contributed by atoms with van der Waals surface area (Å²) in [7, 11) is 0. The van der Waals surface area contributed by atoms with Gasteiger partial charge < -0.3 is 35.9 Å². The summed E-state index contributed by atoms with van der Waals surface area (Å²) in [4.78, 5) is 62.9. The largest absolute Gasteiger partial charge is 0.459 e. The van der Waals surface area contributed by atoms with Gasteiger partial charge in [0.1, 0.15) is 38.6 Å². The van der Waals surface area contributed by atoms with Gasteiger partial charge in [-0.05, 0) is 53.9 Å². The Morgan fingerprint density at radius 1 is 0.917 bits per heavy atom. The van der Waals surface area contributed by atoms with E-state index in [4.69, 9.17) is 19.9 Å². The van der Waals surface area contributed by atoms with Crippen molar-refractivity contribution >= 4 is 35.4 Å². The van der Waals surface area contributed by atoms with E-state index in [1.54, 1.807) is 0 Å². The average molecular weight is 661 g/mol. The quantitative estimate of drug-likeness (QED) is 0.113. The molecule has 4 amide bonds. The first-order chi connectivity index (χ1) is 23.1. The lowest BCUT2D eigenvalue weighted by Crippen LogP contribution is -2.54.